The van der Waals surface area contributed by atoms with Crippen LogP contribution in [0.2, 0.25) is 0 Å². The zero-order valence-electron chi connectivity index (χ0n) is 14.4. The molecule has 0 saturated carbocycles. The van der Waals surface area contributed by atoms with E-state index in [9.17, 15) is 4.79 Å². The molecule has 1 N–H and O–H groups in total. The number of hydrogen-bond donors (Lipinski definition) is 1. The van der Waals surface area contributed by atoms with Crippen molar-refractivity contribution in [2.75, 3.05) is 34.3 Å². The first kappa shape index (κ1) is 17.9. The molecule has 4 nitrogen and oxygen atoms in total. The van der Waals surface area contributed by atoms with Crippen LogP contribution in [0.25, 0.3) is 22.3 Å². The summed E-state index contributed by atoms with van der Waals surface area (Å²) < 4.78 is 6.57. The van der Waals surface area contributed by atoms with Crippen molar-refractivity contribution in [2.24, 2.45) is 0 Å². The molecule has 24 heavy (non-hydrogen) atoms. The summed E-state index contributed by atoms with van der Waals surface area (Å²) >= 11 is 0. The Kier molecular flexibility index (Phi) is 5.90. The lowest BCUT2D eigenvalue weighted by Crippen LogP contribution is -2.36. The number of aliphatic hydroxyl groups is 1. The molecule has 0 saturated heterocycles. The number of quaternary nitrogens is 1. The maximum atomic E-state index is 11.9. The van der Waals surface area contributed by atoms with Gasteiger partial charge in [-0.25, -0.2) is 0 Å². The molecule has 1 heterocycles. The van der Waals surface area contributed by atoms with E-state index in [4.69, 9.17) is 9.52 Å². The maximum Gasteiger partial charge on any atom is 0.193 e. The number of likely N-dealkylation sites (N-methyl/N-ethyl adjacent to an activating group) is 1. The lowest BCUT2D eigenvalue weighted by molar-refractivity contribution is -0.870. The molecular weight excluding hydrogens is 302 g/mol. The minimum atomic E-state index is -0.00861. The summed E-state index contributed by atoms with van der Waals surface area (Å²) in [5, 5.41) is 9.00. The fourth-order valence-electron chi connectivity index (χ4n) is 2.15. The zero-order chi connectivity index (χ0) is 17.6. The zero-order valence-corrected chi connectivity index (χ0v) is 14.4. The van der Waals surface area contributed by atoms with Gasteiger partial charge in [0.15, 0.2) is 5.43 Å². The van der Waals surface area contributed by atoms with Crippen LogP contribution in [0.3, 0.4) is 0 Å². The first-order valence-corrected chi connectivity index (χ1v) is 7.90. The molecule has 0 unspecified atom stereocenters. The molecule has 0 spiro atoms. The molecule has 1 aromatic heterocycles. The van der Waals surface area contributed by atoms with Crippen molar-refractivity contribution in [3.63, 3.8) is 0 Å². The molecule has 0 amide bonds. The number of rotatable bonds is 3. The fourth-order valence-corrected chi connectivity index (χ4v) is 2.15. The van der Waals surface area contributed by atoms with E-state index in [1.165, 1.54) is 6.07 Å². The number of para-hydroxylation sites is 1. The Morgan fingerprint density at radius 3 is 2.17 bits per heavy atom. The van der Waals surface area contributed by atoms with Crippen molar-refractivity contribution in [1.29, 1.82) is 0 Å². The summed E-state index contributed by atoms with van der Waals surface area (Å²) in [6.07, 6.45) is 0. The van der Waals surface area contributed by atoms with Crippen molar-refractivity contribution in [3.05, 3.63) is 70.9 Å². The lowest BCUT2D eigenvalue weighted by Gasteiger charge is -2.21. The topological polar surface area (TPSA) is 50.4 Å². The monoisotopic (exact) mass is 326 g/mol. The van der Waals surface area contributed by atoms with Crippen molar-refractivity contribution in [2.45, 2.75) is 0 Å². The van der Waals surface area contributed by atoms with Crippen LogP contribution in [0, 0.1) is 0 Å². The van der Waals surface area contributed by atoms with E-state index in [-0.39, 0.29) is 12.0 Å². The molecule has 3 aromatic rings. The minimum Gasteiger partial charge on any atom is -0.456 e. The molecule has 0 aliphatic heterocycles. The number of nitrogens with zero attached hydrogens (tertiary/aromatic N) is 1. The molecule has 0 aliphatic carbocycles. The van der Waals surface area contributed by atoms with Gasteiger partial charge in [-0.05, 0) is 12.1 Å². The van der Waals surface area contributed by atoms with Crippen LogP contribution in [-0.4, -0.2) is 43.9 Å². The first-order valence-electron chi connectivity index (χ1n) is 7.90. The van der Waals surface area contributed by atoms with Gasteiger partial charge in [-0.2, -0.15) is 0 Å². The molecule has 0 atom stereocenters. The Hall–Kier alpha value is -2.43. The van der Waals surface area contributed by atoms with E-state index in [1.54, 1.807) is 6.07 Å². The SMILES string of the molecule is C[N+](C)(C)CCO.O=c1cc(-c2ccccc2)oc2ccccc12. The number of aliphatic hydroxyl groups excluding tert-OH is 1. The normalized spacial score (nSPS) is 11.0. The smallest absolute Gasteiger partial charge is 0.193 e. The highest BCUT2D eigenvalue weighted by Crippen LogP contribution is 2.21. The molecule has 0 bridgehead atoms. The van der Waals surface area contributed by atoms with Gasteiger partial charge in [0, 0.05) is 11.6 Å². The van der Waals surface area contributed by atoms with Crippen molar-refractivity contribution in [1.82, 2.24) is 0 Å². The van der Waals surface area contributed by atoms with Gasteiger partial charge in [0.2, 0.25) is 0 Å². The standard InChI is InChI=1S/C15H10O2.C5H14NO/c16-13-10-15(11-6-2-1-3-7-11)17-14-9-5-4-8-12(13)14;1-6(2,3)4-5-7/h1-10H;7H,4-5H2,1-3H3/q;+1. The Morgan fingerprint density at radius 2 is 1.58 bits per heavy atom. The summed E-state index contributed by atoms with van der Waals surface area (Å²) in [5.74, 6) is 0.606. The summed E-state index contributed by atoms with van der Waals surface area (Å²) in [6.45, 7) is 1.11. The molecule has 126 valence electrons. The summed E-state index contributed by atoms with van der Waals surface area (Å²) in [6, 6.07) is 18.4. The average molecular weight is 326 g/mol. The fraction of sp³-hybridized carbons (Fsp3) is 0.250. The molecular formula is C20H24NO3+. The molecule has 3 rings (SSSR count). The summed E-state index contributed by atoms with van der Waals surface area (Å²) in [5.41, 5.74) is 1.53. The predicted molar refractivity (Wildman–Crippen MR) is 97.9 cm³/mol. The Labute approximate surface area is 142 Å². The van der Waals surface area contributed by atoms with Gasteiger partial charge in [0.25, 0.3) is 0 Å². The molecule has 0 fully saturated rings. The van der Waals surface area contributed by atoms with Crippen LogP contribution in [-0.2, 0) is 0 Å². The second kappa shape index (κ2) is 7.90. The Morgan fingerprint density at radius 1 is 0.958 bits per heavy atom. The average Bonchev–Trinajstić information content (AvgIpc) is 2.55. The second-order valence-corrected chi connectivity index (χ2v) is 6.57. The van der Waals surface area contributed by atoms with E-state index in [1.807, 2.05) is 48.5 Å². The van der Waals surface area contributed by atoms with Crippen LogP contribution in [0.5, 0.6) is 0 Å². The highest BCUT2D eigenvalue weighted by molar-refractivity contribution is 5.78. The van der Waals surface area contributed by atoms with Gasteiger partial charge in [0.1, 0.15) is 17.9 Å². The van der Waals surface area contributed by atoms with Gasteiger partial charge in [0.05, 0.1) is 33.1 Å². The van der Waals surface area contributed by atoms with Crippen molar-refractivity contribution in [3.8, 4) is 11.3 Å². The predicted octanol–water partition coefficient (Wildman–Crippen LogP) is 3.14. The minimum absolute atomic E-state index is 0.00861. The number of fused-ring (bicyclic) bond motifs is 1. The van der Waals surface area contributed by atoms with Gasteiger partial charge in [-0.1, -0.05) is 42.5 Å². The van der Waals surface area contributed by atoms with Gasteiger partial charge >= 0.3 is 0 Å². The van der Waals surface area contributed by atoms with Crippen molar-refractivity contribution >= 4 is 11.0 Å². The van der Waals surface area contributed by atoms with Gasteiger partial charge in [-0.15, -0.1) is 0 Å². The third kappa shape index (κ3) is 5.05. The largest absolute Gasteiger partial charge is 0.456 e. The number of benzene rings is 2. The highest BCUT2D eigenvalue weighted by atomic mass is 16.3. The van der Waals surface area contributed by atoms with Crippen LogP contribution in [0.1, 0.15) is 0 Å². The summed E-state index contributed by atoms with van der Waals surface area (Å²) in [4.78, 5) is 11.9. The van der Waals surface area contributed by atoms with Crippen LogP contribution in [0.15, 0.2) is 69.9 Å². The van der Waals surface area contributed by atoms with Crippen LogP contribution < -0.4 is 5.43 Å². The number of hydrogen-bond acceptors (Lipinski definition) is 3. The van der Waals surface area contributed by atoms with E-state index >= 15 is 0 Å². The quantitative estimate of drug-likeness (QED) is 0.752. The third-order valence-corrected chi connectivity index (χ3v) is 3.46. The molecule has 0 aliphatic rings. The highest BCUT2D eigenvalue weighted by Gasteiger charge is 2.05. The maximum absolute atomic E-state index is 11.9. The van der Waals surface area contributed by atoms with E-state index < -0.39 is 0 Å². The molecule has 0 radical (unpaired) electrons. The van der Waals surface area contributed by atoms with E-state index in [0.29, 0.717) is 16.7 Å². The lowest BCUT2D eigenvalue weighted by atomic mass is 10.1. The van der Waals surface area contributed by atoms with Crippen LogP contribution >= 0.6 is 0 Å². The van der Waals surface area contributed by atoms with E-state index in [0.717, 1.165) is 16.6 Å². The van der Waals surface area contributed by atoms with E-state index in [2.05, 4.69) is 21.1 Å². The molecule has 2 aromatic carbocycles. The Balaban J connectivity index is 0.000000256. The second-order valence-electron chi connectivity index (χ2n) is 6.57. The van der Waals surface area contributed by atoms with Gasteiger partial charge in [-0.3, -0.25) is 4.79 Å². The van der Waals surface area contributed by atoms with Gasteiger partial charge < -0.3 is 14.0 Å². The molecule has 4 heteroatoms. The first-order chi connectivity index (χ1) is 11.4. The summed E-state index contributed by atoms with van der Waals surface area (Å²) in [7, 11) is 6.16. The van der Waals surface area contributed by atoms with Crippen molar-refractivity contribution < 1.29 is 14.0 Å². The van der Waals surface area contributed by atoms with Crippen LogP contribution in [0.4, 0.5) is 0 Å². The third-order valence-electron chi connectivity index (χ3n) is 3.46. The Bertz CT molecular complexity index is 833.